The molecule has 17 heavy (non-hydrogen) atoms. The summed E-state index contributed by atoms with van der Waals surface area (Å²) in [5.41, 5.74) is 0.807. The lowest BCUT2D eigenvalue weighted by atomic mass is 10.2. The van der Waals surface area contributed by atoms with Gasteiger partial charge < -0.3 is 9.30 Å². The van der Waals surface area contributed by atoms with Gasteiger partial charge in [-0.3, -0.25) is 10.1 Å². The first-order valence-electron chi connectivity index (χ1n) is 5.54. The Morgan fingerprint density at radius 1 is 1.41 bits per heavy atom. The molecule has 0 N–H and O–H groups in total. The Labute approximate surface area is 98.8 Å². The standard InChI is InChI=1S/C12H14N2O3/c1-2-17-9-8-13-7-6-10-4-3-5-11(12(10)13)14(15)16/h3-7H,2,8-9H2,1H3. The van der Waals surface area contributed by atoms with Gasteiger partial charge in [0.25, 0.3) is 5.69 Å². The Bertz CT molecular complexity index is 534. The number of hydrogen-bond donors (Lipinski definition) is 0. The number of ether oxygens (including phenoxy) is 1. The number of non-ortho nitro benzene ring substituents is 1. The van der Waals surface area contributed by atoms with Crippen LogP contribution in [0, 0.1) is 10.1 Å². The summed E-state index contributed by atoms with van der Waals surface area (Å²) >= 11 is 0. The second kappa shape index (κ2) is 4.97. The number of fused-ring (bicyclic) bond motifs is 1. The molecule has 0 fully saturated rings. The van der Waals surface area contributed by atoms with Crippen molar-refractivity contribution in [3.63, 3.8) is 0 Å². The van der Waals surface area contributed by atoms with Gasteiger partial charge in [-0.15, -0.1) is 0 Å². The van der Waals surface area contributed by atoms with Crippen LogP contribution in [0.2, 0.25) is 0 Å². The third kappa shape index (κ3) is 2.29. The summed E-state index contributed by atoms with van der Waals surface area (Å²) in [5.74, 6) is 0. The molecular weight excluding hydrogens is 220 g/mol. The lowest BCUT2D eigenvalue weighted by molar-refractivity contribution is -0.383. The van der Waals surface area contributed by atoms with E-state index in [1.54, 1.807) is 6.07 Å². The van der Waals surface area contributed by atoms with Gasteiger partial charge in [-0.25, -0.2) is 0 Å². The Kier molecular flexibility index (Phi) is 3.39. The average molecular weight is 234 g/mol. The first-order valence-corrected chi connectivity index (χ1v) is 5.54. The van der Waals surface area contributed by atoms with Crippen LogP contribution < -0.4 is 0 Å². The van der Waals surface area contributed by atoms with Crippen LogP contribution in [0.3, 0.4) is 0 Å². The molecule has 0 unspecified atom stereocenters. The molecule has 0 radical (unpaired) electrons. The monoisotopic (exact) mass is 234 g/mol. The summed E-state index contributed by atoms with van der Waals surface area (Å²) in [6, 6.07) is 6.99. The van der Waals surface area contributed by atoms with Crippen LogP contribution in [0.15, 0.2) is 30.5 Å². The van der Waals surface area contributed by atoms with E-state index in [4.69, 9.17) is 4.74 Å². The molecule has 1 heterocycles. The molecule has 0 aliphatic rings. The second-order valence-corrected chi connectivity index (χ2v) is 3.68. The maximum Gasteiger partial charge on any atom is 0.293 e. The zero-order valence-corrected chi connectivity index (χ0v) is 9.63. The fourth-order valence-electron chi connectivity index (χ4n) is 1.88. The van der Waals surface area contributed by atoms with Gasteiger partial charge in [-0.05, 0) is 13.0 Å². The first-order chi connectivity index (χ1) is 8.24. The predicted molar refractivity (Wildman–Crippen MR) is 65.1 cm³/mol. The van der Waals surface area contributed by atoms with Crippen molar-refractivity contribution in [2.75, 3.05) is 13.2 Å². The van der Waals surface area contributed by atoms with Crippen LogP contribution in [-0.2, 0) is 11.3 Å². The lowest BCUT2D eigenvalue weighted by Crippen LogP contribution is -2.05. The number of benzene rings is 1. The van der Waals surface area contributed by atoms with E-state index in [1.807, 2.05) is 29.8 Å². The number of nitro groups is 1. The van der Waals surface area contributed by atoms with E-state index in [0.29, 0.717) is 25.3 Å². The minimum Gasteiger partial charge on any atom is -0.380 e. The number of aromatic nitrogens is 1. The van der Waals surface area contributed by atoms with E-state index >= 15 is 0 Å². The van der Waals surface area contributed by atoms with E-state index in [2.05, 4.69) is 0 Å². The summed E-state index contributed by atoms with van der Waals surface area (Å²) in [6.07, 6.45) is 1.86. The van der Waals surface area contributed by atoms with E-state index in [9.17, 15) is 10.1 Å². The van der Waals surface area contributed by atoms with Gasteiger partial charge >= 0.3 is 0 Å². The Balaban J connectivity index is 2.39. The van der Waals surface area contributed by atoms with Gasteiger partial charge in [0, 0.05) is 30.8 Å². The minimum atomic E-state index is -0.348. The third-order valence-corrected chi connectivity index (χ3v) is 2.64. The molecule has 0 amide bonds. The van der Waals surface area contributed by atoms with Crippen molar-refractivity contribution in [3.05, 3.63) is 40.6 Å². The fourth-order valence-corrected chi connectivity index (χ4v) is 1.88. The average Bonchev–Trinajstić information content (AvgIpc) is 2.73. The topological polar surface area (TPSA) is 57.3 Å². The normalized spacial score (nSPS) is 10.9. The van der Waals surface area contributed by atoms with Crippen LogP contribution in [0.5, 0.6) is 0 Å². The Morgan fingerprint density at radius 3 is 2.94 bits per heavy atom. The largest absolute Gasteiger partial charge is 0.380 e. The second-order valence-electron chi connectivity index (χ2n) is 3.68. The molecule has 0 bridgehead atoms. The van der Waals surface area contributed by atoms with Crippen molar-refractivity contribution in [1.29, 1.82) is 0 Å². The number of rotatable bonds is 5. The molecule has 0 aliphatic carbocycles. The lowest BCUT2D eigenvalue weighted by Gasteiger charge is -2.05. The summed E-state index contributed by atoms with van der Waals surface area (Å²) in [6.45, 7) is 3.77. The van der Waals surface area contributed by atoms with Crippen molar-refractivity contribution in [2.24, 2.45) is 0 Å². The van der Waals surface area contributed by atoms with E-state index in [1.165, 1.54) is 6.07 Å². The van der Waals surface area contributed by atoms with E-state index in [0.717, 1.165) is 5.39 Å². The molecule has 0 aliphatic heterocycles. The van der Waals surface area contributed by atoms with Crippen LogP contribution in [0.25, 0.3) is 10.9 Å². The molecule has 5 heteroatoms. The summed E-state index contributed by atoms with van der Waals surface area (Å²) in [4.78, 5) is 10.6. The number of nitro benzene ring substituents is 1. The Morgan fingerprint density at radius 2 is 2.24 bits per heavy atom. The minimum absolute atomic E-state index is 0.143. The van der Waals surface area contributed by atoms with Crippen molar-refractivity contribution in [2.45, 2.75) is 13.5 Å². The van der Waals surface area contributed by atoms with Crippen LogP contribution in [0.1, 0.15) is 6.92 Å². The summed E-state index contributed by atoms with van der Waals surface area (Å²) in [7, 11) is 0. The highest BCUT2D eigenvalue weighted by molar-refractivity contribution is 5.88. The van der Waals surface area contributed by atoms with Gasteiger partial charge in [-0.1, -0.05) is 12.1 Å². The molecule has 2 rings (SSSR count). The van der Waals surface area contributed by atoms with Crippen molar-refractivity contribution >= 4 is 16.6 Å². The first kappa shape index (κ1) is 11.6. The highest BCUT2D eigenvalue weighted by Crippen LogP contribution is 2.26. The fraction of sp³-hybridized carbons (Fsp3) is 0.333. The van der Waals surface area contributed by atoms with Crippen molar-refractivity contribution in [3.8, 4) is 0 Å². The number of hydrogen-bond acceptors (Lipinski definition) is 3. The van der Waals surface area contributed by atoms with Gasteiger partial charge in [-0.2, -0.15) is 0 Å². The molecule has 1 aromatic heterocycles. The van der Waals surface area contributed by atoms with E-state index in [-0.39, 0.29) is 10.6 Å². The highest BCUT2D eigenvalue weighted by atomic mass is 16.6. The number of nitrogens with zero attached hydrogens (tertiary/aromatic N) is 2. The molecule has 0 atom stereocenters. The highest BCUT2D eigenvalue weighted by Gasteiger charge is 2.14. The quantitative estimate of drug-likeness (QED) is 0.454. The molecule has 1 aromatic carbocycles. The Hall–Kier alpha value is -1.88. The SMILES string of the molecule is CCOCCn1ccc2cccc([N+](=O)[O-])c21. The van der Waals surface area contributed by atoms with Crippen LogP contribution in [0.4, 0.5) is 5.69 Å². The summed E-state index contributed by atoms with van der Waals surface area (Å²) < 4.78 is 7.13. The molecule has 2 aromatic rings. The van der Waals surface area contributed by atoms with Gasteiger partial charge in [0.1, 0.15) is 5.52 Å². The van der Waals surface area contributed by atoms with Gasteiger partial charge in [0.15, 0.2) is 0 Å². The van der Waals surface area contributed by atoms with E-state index < -0.39 is 0 Å². The smallest absolute Gasteiger partial charge is 0.293 e. The molecule has 90 valence electrons. The molecular formula is C12H14N2O3. The van der Waals surface area contributed by atoms with Gasteiger partial charge in [0.2, 0.25) is 0 Å². The maximum absolute atomic E-state index is 11.0. The maximum atomic E-state index is 11.0. The zero-order chi connectivity index (χ0) is 12.3. The molecule has 0 spiro atoms. The van der Waals surface area contributed by atoms with Crippen molar-refractivity contribution < 1.29 is 9.66 Å². The third-order valence-electron chi connectivity index (χ3n) is 2.64. The molecule has 0 saturated carbocycles. The number of para-hydroxylation sites is 1. The summed E-state index contributed by atoms with van der Waals surface area (Å²) in [5, 5.41) is 11.8. The zero-order valence-electron chi connectivity index (χ0n) is 9.63. The van der Waals surface area contributed by atoms with Crippen LogP contribution in [-0.4, -0.2) is 22.7 Å². The van der Waals surface area contributed by atoms with Crippen LogP contribution >= 0.6 is 0 Å². The predicted octanol–water partition coefficient (Wildman–Crippen LogP) is 2.59. The molecule has 0 saturated heterocycles. The van der Waals surface area contributed by atoms with Gasteiger partial charge in [0.05, 0.1) is 11.5 Å². The van der Waals surface area contributed by atoms with Crippen molar-refractivity contribution in [1.82, 2.24) is 4.57 Å². The molecule has 5 nitrogen and oxygen atoms in total.